The highest BCUT2D eigenvalue weighted by atomic mass is 16.7. The van der Waals surface area contributed by atoms with Crippen molar-refractivity contribution in [3.8, 4) is 17.1 Å². The van der Waals surface area contributed by atoms with E-state index in [1.54, 1.807) is 0 Å². The van der Waals surface area contributed by atoms with Gasteiger partial charge in [0.1, 0.15) is 17.1 Å². The first-order valence-corrected chi connectivity index (χ1v) is 11.2. The number of hydrogen-bond acceptors (Lipinski definition) is 7. The van der Waals surface area contributed by atoms with E-state index in [4.69, 9.17) is 23.9 Å². The highest BCUT2D eigenvalue weighted by Crippen LogP contribution is 2.42. The first-order chi connectivity index (χ1) is 15.0. The Labute approximate surface area is 182 Å². The van der Waals surface area contributed by atoms with Gasteiger partial charge in [-0.2, -0.15) is 0 Å². The summed E-state index contributed by atoms with van der Waals surface area (Å²) in [7, 11) is 0. The summed E-state index contributed by atoms with van der Waals surface area (Å²) in [5.74, 6) is 0.822. The van der Waals surface area contributed by atoms with Gasteiger partial charge in [-0.15, -0.1) is 0 Å². The van der Waals surface area contributed by atoms with Crippen LogP contribution in [0.4, 0.5) is 5.69 Å². The zero-order chi connectivity index (χ0) is 21.1. The van der Waals surface area contributed by atoms with Crippen LogP contribution in [0.5, 0.6) is 5.75 Å². The van der Waals surface area contributed by atoms with Crippen LogP contribution < -0.4 is 9.64 Å². The molecule has 0 atom stereocenters. The Morgan fingerprint density at radius 2 is 1.87 bits per heavy atom. The van der Waals surface area contributed by atoms with Gasteiger partial charge in [0.15, 0.2) is 6.29 Å². The van der Waals surface area contributed by atoms with Crippen molar-refractivity contribution in [3.63, 3.8) is 0 Å². The third-order valence-corrected chi connectivity index (χ3v) is 6.45. The maximum atomic E-state index is 6.23. The fourth-order valence-corrected chi connectivity index (χ4v) is 4.36. The smallest absolute Gasteiger partial charge is 0.175 e. The van der Waals surface area contributed by atoms with Crippen molar-refractivity contribution >= 4 is 5.69 Å². The molecule has 8 heteroatoms. The zero-order valence-electron chi connectivity index (χ0n) is 18.2. The zero-order valence-corrected chi connectivity index (χ0v) is 18.2. The Kier molecular flexibility index (Phi) is 4.52. The van der Waals surface area contributed by atoms with Crippen LogP contribution >= 0.6 is 0 Å². The van der Waals surface area contributed by atoms with Crippen molar-refractivity contribution in [2.24, 2.45) is 10.8 Å². The second-order valence-corrected chi connectivity index (χ2v) is 10.4. The van der Waals surface area contributed by atoms with Gasteiger partial charge >= 0.3 is 0 Å². The van der Waals surface area contributed by atoms with Crippen LogP contribution in [0.2, 0.25) is 0 Å². The van der Waals surface area contributed by atoms with Gasteiger partial charge in [0.05, 0.1) is 62.7 Å². The number of nitrogens with zero attached hydrogens (tertiary/aromatic N) is 4. The van der Waals surface area contributed by atoms with Crippen LogP contribution in [0.15, 0.2) is 24.8 Å². The molecule has 166 valence electrons. The van der Waals surface area contributed by atoms with Crippen molar-refractivity contribution in [2.75, 3.05) is 44.4 Å². The molecule has 0 amide bonds. The number of ether oxygens (including phenoxy) is 4. The Hall–Kier alpha value is -2.16. The molecule has 1 spiro atoms. The van der Waals surface area contributed by atoms with Gasteiger partial charge in [-0.1, -0.05) is 13.8 Å². The molecule has 4 fully saturated rings. The van der Waals surface area contributed by atoms with Crippen LogP contribution in [0, 0.1) is 10.8 Å². The molecule has 6 rings (SSSR count). The summed E-state index contributed by atoms with van der Waals surface area (Å²) in [6, 6.07) is 2.13. The van der Waals surface area contributed by atoms with Gasteiger partial charge in [0, 0.05) is 30.8 Å². The van der Waals surface area contributed by atoms with E-state index in [-0.39, 0.29) is 11.7 Å². The molecule has 31 heavy (non-hydrogen) atoms. The number of rotatable bonds is 6. The van der Waals surface area contributed by atoms with Crippen LogP contribution in [-0.2, 0) is 20.8 Å². The number of aromatic nitrogens is 3. The molecule has 0 bridgehead atoms. The molecule has 1 aliphatic carbocycles. The quantitative estimate of drug-likeness (QED) is 0.703. The molecule has 0 unspecified atom stereocenters. The minimum Gasteiger partial charge on any atom is -0.488 e. The first kappa shape index (κ1) is 19.5. The lowest BCUT2D eigenvalue weighted by Gasteiger charge is -2.55. The largest absolute Gasteiger partial charge is 0.488 e. The van der Waals surface area contributed by atoms with E-state index in [0.29, 0.717) is 31.3 Å². The highest BCUT2D eigenvalue weighted by molar-refractivity contribution is 5.66. The number of anilines is 1. The number of imidazole rings is 1. The van der Waals surface area contributed by atoms with E-state index in [0.717, 1.165) is 62.0 Å². The lowest BCUT2D eigenvalue weighted by molar-refractivity contribution is -0.226. The Bertz CT molecular complexity index is 948. The van der Waals surface area contributed by atoms with E-state index >= 15 is 0 Å². The average molecular weight is 427 g/mol. The fourth-order valence-electron chi connectivity index (χ4n) is 4.36. The van der Waals surface area contributed by atoms with Crippen molar-refractivity contribution in [3.05, 3.63) is 24.8 Å². The van der Waals surface area contributed by atoms with Gasteiger partial charge in [0.25, 0.3) is 0 Å². The van der Waals surface area contributed by atoms with Crippen LogP contribution in [0.3, 0.4) is 0 Å². The minimum atomic E-state index is -0.248. The summed E-state index contributed by atoms with van der Waals surface area (Å²) < 4.78 is 25.4. The van der Waals surface area contributed by atoms with Crippen molar-refractivity contribution in [2.45, 2.75) is 45.6 Å². The summed E-state index contributed by atoms with van der Waals surface area (Å²) in [5.41, 5.74) is 3.16. The molecule has 1 saturated carbocycles. The molecule has 0 N–H and O–H groups in total. The summed E-state index contributed by atoms with van der Waals surface area (Å²) in [4.78, 5) is 11.7. The third kappa shape index (κ3) is 3.92. The van der Waals surface area contributed by atoms with Crippen molar-refractivity contribution < 1.29 is 18.9 Å². The van der Waals surface area contributed by atoms with E-state index in [2.05, 4.69) is 29.8 Å². The molecule has 0 aromatic carbocycles. The van der Waals surface area contributed by atoms with Gasteiger partial charge in [-0.05, 0) is 12.8 Å². The number of hydrogen-bond donors (Lipinski definition) is 0. The summed E-state index contributed by atoms with van der Waals surface area (Å²) in [6.45, 7) is 10.1. The topological polar surface area (TPSA) is 70.9 Å². The predicted molar refractivity (Wildman–Crippen MR) is 114 cm³/mol. The van der Waals surface area contributed by atoms with Gasteiger partial charge in [0.2, 0.25) is 0 Å². The molecule has 2 aromatic heterocycles. The average Bonchev–Trinajstić information content (AvgIpc) is 3.37. The molecule has 3 saturated heterocycles. The second kappa shape index (κ2) is 7.18. The normalized spacial score (nSPS) is 24.6. The van der Waals surface area contributed by atoms with Crippen LogP contribution in [-0.4, -0.2) is 66.4 Å². The molecular formula is C23H30N4O4. The van der Waals surface area contributed by atoms with E-state index in [1.165, 1.54) is 0 Å². The minimum absolute atomic E-state index is 0.0685. The molecule has 0 radical (unpaired) electrons. The van der Waals surface area contributed by atoms with Crippen molar-refractivity contribution in [1.29, 1.82) is 0 Å². The SMILES string of the molecule is CC1(C)COC(Cn2cnc(-c3ncc(N4CC5(COC5)C4)cc3OC3CC3)c2)OC1. The molecule has 2 aromatic rings. The van der Waals surface area contributed by atoms with E-state index < -0.39 is 0 Å². The Morgan fingerprint density at radius 1 is 1.10 bits per heavy atom. The molecule has 5 heterocycles. The molecule has 3 aliphatic heterocycles. The maximum Gasteiger partial charge on any atom is 0.175 e. The van der Waals surface area contributed by atoms with Gasteiger partial charge in [-0.3, -0.25) is 0 Å². The number of pyridine rings is 1. The predicted octanol–water partition coefficient (Wildman–Crippen LogP) is 2.72. The monoisotopic (exact) mass is 426 g/mol. The van der Waals surface area contributed by atoms with Crippen LogP contribution in [0.1, 0.15) is 26.7 Å². The summed E-state index contributed by atoms with van der Waals surface area (Å²) in [5, 5.41) is 0. The standard InChI is InChI=1S/C23H30N4O4/c1-22(2)11-29-20(30-12-22)8-26-7-18(25-15-26)21-19(31-17-3-4-17)5-16(6-24-21)27-9-23(10-27)13-28-14-23/h5-7,15,17,20H,3-4,8-14H2,1-2H3. The van der Waals surface area contributed by atoms with Crippen molar-refractivity contribution in [1.82, 2.24) is 14.5 Å². The fraction of sp³-hybridized carbons (Fsp3) is 0.652. The van der Waals surface area contributed by atoms with Gasteiger partial charge in [-0.25, -0.2) is 9.97 Å². The Balaban J connectivity index is 1.18. The molecule has 4 aliphatic rings. The third-order valence-electron chi connectivity index (χ3n) is 6.45. The lowest BCUT2D eigenvalue weighted by atomic mass is 9.78. The van der Waals surface area contributed by atoms with Crippen LogP contribution in [0.25, 0.3) is 11.4 Å². The van der Waals surface area contributed by atoms with E-state index in [1.807, 2.05) is 23.3 Å². The van der Waals surface area contributed by atoms with Gasteiger partial charge < -0.3 is 28.4 Å². The lowest BCUT2D eigenvalue weighted by Crippen LogP contribution is -2.66. The molecular weight excluding hydrogens is 396 g/mol. The Morgan fingerprint density at radius 3 is 2.55 bits per heavy atom. The van der Waals surface area contributed by atoms with E-state index in [9.17, 15) is 0 Å². The first-order valence-electron chi connectivity index (χ1n) is 11.2. The highest BCUT2D eigenvalue weighted by Gasteiger charge is 2.49. The second-order valence-electron chi connectivity index (χ2n) is 10.4. The molecule has 8 nitrogen and oxygen atoms in total. The summed E-state index contributed by atoms with van der Waals surface area (Å²) in [6.07, 6.45) is 8.02. The maximum absolute atomic E-state index is 6.23. The summed E-state index contributed by atoms with van der Waals surface area (Å²) >= 11 is 0.